The molecule has 0 aliphatic rings. The van der Waals surface area contributed by atoms with Gasteiger partial charge in [0.05, 0.1) is 6.54 Å². The first-order chi connectivity index (χ1) is 17.4. The van der Waals surface area contributed by atoms with Gasteiger partial charge < -0.3 is 26.4 Å². The number of nitrogens with zero attached hydrogens (tertiary/aromatic N) is 1. The van der Waals surface area contributed by atoms with Crippen LogP contribution in [0.4, 0.5) is 22.0 Å². The number of carbonyl (C=O) groups is 4. The summed E-state index contributed by atoms with van der Waals surface area (Å²) in [7, 11) is 0. The molecule has 0 saturated heterocycles. The SMILES string of the molecule is CCc1ccnc(NC(=O)CNC(=O)c2cccc(NC(=O)Nc3ccccc3)c2)c1CCC(=O)O. The van der Waals surface area contributed by atoms with Gasteiger partial charge in [0.1, 0.15) is 5.82 Å². The molecule has 0 bridgehead atoms. The third-order valence-corrected chi connectivity index (χ3v) is 5.20. The highest BCUT2D eigenvalue weighted by Gasteiger charge is 2.15. The average molecular weight is 490 g/mol. The summed E-state index contributed by atoms with van der Waals surface area (Å²) in [5, 5.41) is 19.6. The van der Waals surface area contributed by atoms with Gasteiger partial charge >= 0.3 is 12.0 Å². The topological polar surface area (TPSA) is 150 Å². The molecular formula is C26H27N5O5. The van der Waals surface area contributed by atoms with Gasteiger partial charge in [0.2, 0.25) is 5.91 Å². The number of aromatic nitrogens is 1. The number of carboxylic acids is 1. The zero-order valence-corrected chi connectivity index (χ0v) is 19.7. The molecule has 0 spiro atoms. The molecule has 5 N–H and O–H groups in total. The summed E-state index contributed by atoms with van der Waals surface area (Å²) >= 11 is 0. The lowest BCUT2D eigenvalue weighted by Gasteiger charge is -2.14. The van der Waals surface area contributed by atoms with Crippen LogP contribution in [-0.2, 0) is 22.4 Å². The molecule has 36 heavy (non-hydrogen) atoms. The van der Waals surface area contributed by atoms with Crippen molar-refractivity contribution in [2.24, 2.45) is 0 Å². The van der Waals surface area contributed by atoms with Gasteiger partial charge in [-0.25, -0.2) is 9.78 Å². The van der Waals surface area contributed by atoms with Crippen LogP contribution in [0, 0.1) is 0 Å². The van der Waals surface area contributed by atoms with E-state index in [0.717, 1.165) is 5.56 Å². The van der Waals surface area contributed by atoms with Crippen molar-refractivity contribution >= 4 is 41.0 Å². The van der Waals surface area contributed by atoms with Crippen LogP contribution in [-0.4, -0.2) is 40.5 Å². The molecule has 0 saturated carbocycles. The number of rotatable bonds is 10. The molecule has 0 radical (unpaired) electrons. The first-order valence-electron chi connectivity index (χ1n) is 11.4. The average Bonchev–Trinajstić information content (AvgIpc) is 2.87. The van der Waals surface area contributed by atoms with Crippen LogP contribution in [0.15, 0.2) is 66.9 Å². The van der Waals surface area contributed by atoms with Gasteiger partial charge in [0.25, 0.3) is 5.91 Å². The fourth-order valence-corrected chi connectivity index (χ4v) is 3.47. The highest BCUT2D eigenvalue weighted by Crippen LogP contribution is 2.20. The Labute approximate surface area is 208 Å². The fraction of sp³-hybridized carbons (Fsp3) is 0.192. The minimum Gasteiger partial charge on any atom is -0.481 e. The minimum absolute atomic E-state index is 0.0912. The number of anilines is 3. The second-order valence-corrected chi connectivity index (χ2v) is 7.80. The molecule has 0 unspecified atom stereocenters. The third kappa shape index (κ3) is 7.66. The van der Waals surface area contributed by atoms with Gasteiger partial charge in [-0.2, -0.15) is 0 Å². The van der Waals surface area contributed by atoms with Crippen LogP contribution in [0.25, 0.3) is 0 Å². The van der Waals surface area contributed by atoms with Gasteiger partial charge in [-0.3, -0.25) is 14.4 Å². The Hall–Kier alpha value is -4.73. The largest absolute Gasteiger partial charge is 0.481 e. The van der Waals surface area contributed by atoms with Gasteiger partial charge in [0, 0.05) is 29.6 Å². The summed E-state index contributed by atoms with van der Waals surface area (Å²) in [5.74, 6) is -1.67. The second-order valence-electron chi connectivity index (χ2n) is 7.80. The Morgan fingerprint density at radius 3 is 2.33 bits per heavy atom. The zero-order valence-electron chi connectivity index (χ0n) is 19.7. The lowest BCUT2D eigenvalue weighted by molar-refractivity contribution is -0.137. The van der Waals surface area contributed by atoms with Crippen molar-refractivity contribution in [3.8, 4) is 0 Å². The molecule has 1 heterocycles. The van der Waals surface area contributed by atoms with E-state index in [4.69, 9.17) is 5.11 Å². The Morgan fingerprint density at radius 2 is 1.61 bits per heavy atom. The Bertz CT molecular complexity index is 1250. The summed E-state index contributed by atoms with van der Waals surface area (Å²) in [6.45, 7) is 1.61. The third-order valence-electron chi connectivity index (χ3n) is 5.20. The lowest BCUT2D eigenvalue weighted by Crippen LogP contribution is -2.33. The monoisotopic (exact) mass is 489 g/mol. The summed E-state index contributed by atoms with van der Waals surface area (Å²) in [6.07, 6.45) is 2.34. The molecular weight excluding hydrogens is 462 g/mol. The number of benzene rings is 2. The van der Waals surface area contributed by atoms with Crippen molar-refractivity contribution < 1.29 is 24.3 Å². The second kappa shape index (κ2) is 12.7. The predicted molar refractivity (Wildman–Crippen MR) is 136 cm³/mol. The van der Waals surface area contributed by atoms with E-state index in [9.17, 15) is 19.2 Å². The van der Waals surface area contributed by atoms with Crippen LogP contribution < -0.4 is 21.3 Å². The number of hydrogen-bond donors (Lipinski definition) is 5. The molecule has 4 amide bonds. The number of urea groups is 1. The van der Waals surface area contributed by atoms with E-state index in [2.05, 4.69) is 26.3 Å². The van der Waals surface area contributed by atoms with Crippen LogP contribution >= 0.6 is 0 Å². The molecule has 2 aromatic carbocycles. The van der Waals surface area contributed by atoms with Crippen molar-refractivity contribution in [2.75, 3.05) is 22.5 Å². The molecule has 0 atom stereocenters. The van der Waals surface area contributed by atoms with Crippen molar-refractivity contribution in [3.63, 3.8) is 0 Å². The molecule has 3 aromatic rings. The normalized spacial score (nSPS) is 10.2. The minimum atomic E-state index is -0.945. The standard InChI is InChI=1S/C26H27N5O5/c1-2-17-13-14-27-24(21(17)11-12-23(33)34)31-22(32)16-28-25(35)18-7-6-10-20(15-18)30-26(36)29-19-8-4-3-5-9-19/h3-10,13-15H,2,11-12,16H2,1H3,(H,28,35)(H,33,34)(H,27,31,32)(H2,29,30,36). The molecule has 0 aliphatic heterocycles. The maximum Gasteiger partial charge on any atom is 0.323 e. The van der Waals surface area contributed by atoms with Crippen molar-refractivity contribution in [2.45, 2.75) is 26.2 Å². The van der Waals surface area contributed by atoms with Gasteiger partial charge in [-0.15, -0.1) is 0 Å². The number of carboxylic acid groups (broad SMARTS) is 1. The molecule has 0 fully saturated rings. The maximum atomic E-state index is 12.6. The van der Waals surface area contributed by atoms with Crippen LogP contribution in [0.3, 0.4) is 0 Å². The number of aryl methyl sites for hydroxylation is 1. The van der Waals surface area contributed by atoms with E-state index >= 15 is 0 Å². The first-order valence-corrected chi connectivity index (χ1v) is 11.4. The van der Waals surface area contributed by atoms with E-state index < -0.39 is 23.8 Å². The predicted octanol–water partition coefficient (Wildman–Crippen LogP) is 3.67. The summed E-state index contributed by atoms with van der Waals surface area (Å²) in [5.41, 5.74) is 2.85. The number of carbonyl (C=O) groups excluding carboxylic acids is 3. The number of para-hydroxylation sites is 1. The molecule has 186 valence electrons. The highest BCUT2D eigenvalue weighted by atomic mass is 16.4. The Morgan fingerprint density at radius 1 is 0.889 bits per heavy atom. The van der Waals surface area contributed by atoms with Crippen LogP contribution in [0.2, 0.25) is 0 Å². The van der Waals surface area contributed by atoms with E-state index in [1.807, 2.05) is 13.0 Å². The highest BCUT2D eigenvalue weighted by molar-refractivity contribution is 6.02. The number of pyridine rings is 1. The number of nitrogens with one attached hydrogen (secondary N) is 4. The number of aliphatic carboxylic acids is 1. The molecule has 0 aliphatic carbocycles. The summed E-state index contributed by atoms with van der Waals surface area (Å²) < 4.78 is 0. The van der Waals surface area contributed by atoms with Gasteiger partial charge in [-0.05, 0) is 60.4 Å². The molecule has 10 heteroatoms. The number of hydrogen-bond acceptors (Lipinski definition) is 5. The molecule has 3 rings (SSSR count). The van der Waals surface area contributed by atoms with E-state index in [0.29, 0.717) is 23.4 Å². The molecule has 1 aromatic heterocycles. The first kappa shape index (κ1) is 25.9. The van der Waals surface area contributed by atoms with Crippen molar-refractivity contribution in [1.82, 2.24) is 10.3 Å². The van der Waals surface area contributed by atoms with Crippen LogP contribution in [0.5, 0.6) is 0 Å². The quantitative estimate of drug-likeness (QED) is 0.293. The van der Waals surface area contributed by atoms with Crippen molar-refractivity contribution in [3.05, 3.63) is 83.6 Å². The van der Waals surface area contributed by atoms with E-state index in [1.165, 1.54) is 6.07 Å². The Balaban J connectivity index is 1.57. The van der Waals surface area contributed by atoms with Crippen LogP contribution in [0.1, 0.15) is 34.8 Å². The summed E-state index contributed by atoms with van der Waals surface area (Å²) in [6, 6.07) is 16.6. The van der Waals surface area contributed by atoms with E-state index in [1.54, 1.807) is 54.7 Å². The zero-order chi connectivity index (χ0) is 25.9. The van der Waals surface area contributed by atoms with Gasteiger partial charge in [-0.1, -0.05) is 31.2 Å². The lowest BCUT2D eigenvalue weighted by atomic mass is 10.0. The number of amides is 4. The summed E-state index contributed by atoms with van der Waals surface area (Å²) in [4.78, 5) is 52.4. The smallest absolute Gasteiger partial charge is 0.323 e. The Kier molecular flexibility index (Phi) is 9.10. The van der Waals surface area contributed by atoms with E-state index in [-0.39, 0.29) is 30.8 Å². The van der Waals surface area contributed by atoms with Crippen molar-refractivity contribution in [1.29, 1.82) is 0 Å². The van der Waals surface area contributed by atoms with Gasteiger partial charge in [0.15, 0.2) is 0 Å². The fourth-order valence-electron chi connectivity index (χ4n) is 3.47. The molecule has 10 nitrogen and oxygen atoms in total. The maximum absolute atomic E-state index is 12.6.